The predicted molar refractivity (Wildman–Crippen MR) is 59.4 cm³/mol. The van der Waals surface area contributed by atoms with E-state index in [1.165, 1.54) is 12.4 Å². The highest BCUT2D eigenvalue weighted by atomic mass is 32.2. The van der Waals surface area contributed by atoms with Gasteiger partial charge in [-0.05, 0) is 32.4 Å². The molecule has 0 aromatic carbocycles. The second kappa shape index (κ2) is 4.94. The third-order valence-corrected chi connectivity index (χ3v) is 4.17. The Bertz CT molecular complexity index is 407. The second-order valence-corrected chi connectivity index (χ2v) is 5.65. The topological polar surface area (TPSA) is 86.9 Å². The van der Waals surface area contributed by atoms with Crippen molar-refractivity contribution in [3.63, 3.8) is 0 Å². The Kier molecular flexibility index (Phi) is 3.57. The van der Waals surface area contributed by atoms with E-state index in [1.54, 1.807) is 0 Å². The van der Waals surface area contributed by atoms with Gasteiger partial charge in [0, 0.05) is 12.2 Å². The van der Waals surface area contributed by atoms with E-state index in [2.05, 4.69) is 20.2 Å². The fourth-order valence-electron chi connectivity index (χ4n) is 1.81. The van der Waals surface area contributed by atoms with Crippen molar-refractivity contribution in [3.05, 3.63) is 12.4 Å². The molecule has 1 atom stereocenters. The largest absolute Gasteiger partial charge is 0.317 e. The molecule has 1 aromatic heterocycles. The summed E-state index contributed by atoms with van der Waals surface area (Å²) in [6.45, 7) is 1.82. The van der Waals surface area contributed by atoms with Crippen LogP contribution in [0.3, 0.4) is 0 Å². The molecule has 6 nitrogen and oxygen atoms in total. The van der Waals surface area contributed by atoms with E-state index in [0.717, 1.165) is 32.4 Å². The van der Waals surface area contributed by atoms with Crippen LogP contribution >= 0.6 is 0 Å². The van der Waals surface area contributed by atoms with Crippen LogP contribution in [0.5, 0.6) is 0 Å². The molecule has 3 N–H and O–H groups in total. The Morgan fingerprint density at radius 3 is 3.00 bits per heavy atom. The van der Waals surface area contributed by atoms with E-state index in [0.29, 0.717) is 0 Å². The van der Waals surface area contributed by atoms with Crippen LogP contribution in [0.1, 0.15) is 19.3 Å². The van der Waals surface area contributed by atoms with Crippen LogP contribution in [-0.2, 0) is 10.0 Å². The van der Waals surface area contributed by atoms with Crippen LogP contribution < -0.4 is 10.0 Å². The first-order chi connectivity index (χ1) is 7.68. The maximum atomic E-state index is 11.9. The average molecular weight is 244 g/mol. The van der Waals surface area contributed by atoms with Crippen LogP contribution in [0.25, 0.3) is 0 Å². The van der Waals surface area contributed by atoms with Gasteiger partial charge in [0.1, 0.15) is 4.90 Å². The summed E-state index contributed by atoms with van der Waals surface area (Å²) in [5.41, 5.74) is 0. The van der Waals surface area contributed by atoms with Crippen LogP contribution in [0.15, 0.2) is 17.3 Å². The van der Waals surface area contributed by atoms with Gasteiger partial charge in [-0.1, -0.05) is 0 Å². The highest BCUT2D eigenvalue weighted by molar-refractivity contribution is 7.89. The molecule has 0 spiro atoms. The molecule has 2 rings (SSSR count). The number of aromatic amines is 1. The van der Waals surface area contributed by atoms with E-state index in [1.807, 2.05) is 0 Å². The quantitative estimate of drug-likeness (QED) is 0.689. The maximum absolute atomic E-state index is 11.9. The fraction of sp³-hybridized carbons (Fsp3) is 0.667. The number of sulfonamides is 1. The van der Waals surface area contributed by atoms with Crippen LogP contribution in [0, 0.1) is 0 Å². The number of rotatable bonds is 3. The minimum absolute atomic E-state index is 0.0231. The molecular formula is C9H16N4O2S. The highest BCUT2D eigenvalue weighted by Gasteiger charge is 2.21. The van der Waals surface area contributed by atoms with Gasteiger partial charge >= 0.3 is 0 Å². The molecule has 16 heavy (non-hydrogen) atoms. The van der Waals surface area contributed by atoms with Gasteiger partial charge < -0.3 is 5.32 Å². The Hall–Kier alpha value is -0.920. The lowest BCUT2D eigenvalue weighted by atomic mass is 10.1. The molecule has 7 heteroatoms. The minimum atomic E-state index is -3.40. The number of H-pyrrole nitrogens is 1. The number of nitrogens with one attached hydrogen (secondary N) is 3. The third kappa shape index (κ3) is 2.81. The van der Waals surface area contributed by atoms with Crippen LogP contribution in [-0.4, -0.2) is 37.7 Å². The SMILES string of the molecule is O=S(=O)(NC1CCCNCC1)c1cn[nH]c1. The van der Waals surface area contributed by atoms with Gasteiger partial charge in [-0.15, -0.1) is 0 Å². The van der Waals surface area contributed by atoms with Crippen molar-refractivity contribution in [3.8, 4) is 0 Å². The monoisotopic (exact) mass is 244 g/mol. The van der Waals surface area contributed by atoms with E-state index in [9.17, 15) is 8.42 Å². The lowest BCUT2D eigenvalue weighted by molar-refractivity contribution is 0.518. The lowest BCUT2D eigenvalue weighted by Gasteiger charge is -2.14. The summed E-state index contributed by atoms with van der Waals surface area (Å²) in [5, 5.41) is 9.39. The summed E-state index contributed by atoms with van der Waals surface area (Å²) in [6.07, 6.45) is 5.41. The summed E-state index contributed by atoms with van der Waals surface area (Å²) in [7, 11) is -3.40. The second-order valence-electron chi connectivity index (χ2n) is 3.93. The molecule has 0 saturated carbocycles. The first-order valence-electron chi connectivity index (χ1n) is 5.40. The van der Waals surface area contributed by atoms with Gasteiger partial charge in [0.25, 0.3) is 0 Å². The molecule has 1 aromatic rings. The predicted octanol–water partition coefficient (Wildman–Crippen LogP) is -0.170. The summed E-state index contributed by atoms with van der Waals surface area (Å²) in [4.78, 5) is 0.199. The van der Waals surface area contributed by atoms with E-state index < -0.39 is 10.0 Å². The van der Waals surface area contributed by atoms with E-state index in [-0.39, 0.29) is 10.9 Å². The molecule has 1 aliphatic rings. The van der Waals surface area contributed by atoms with Gasteiger partial charge in [0.05, 0.1) is 6.20 Å². The van der Waals surface area contributed by atoms with E-state index >= 15 is 0 Å². The Labute approximate surface area is 94.9 Å². The standard InChI is InChI=1S/C9H16N4O2S/c14-16(15,9-6-11-12-7-9)13-8-2-1-4-10-5-3-8/h6-8,10,13H,1-5H2,(H,11,12). The zero-order valence-corrected chi connectivity index (χ0v) is 9.76. The van der Waals surface area contributed by atoms with Crippen LogP contribution in [0.4, 0.5) is 0 Å². The number of nitrogens with zero attached hydrogens (tertiary/aromatic N) is 1. The van der Waals surface area contributed by atoms with Gasteiger partial charge in [-0.25, -0.2) is 13.1 Å². The Morgan fingerprint density at radius 2 is 2.25 bits per heavy atom. The zero-order valence-electron chi connectivity index (χ0n) is 8.94. The maximum Gasteiger partial charge on any atom is 0.243 e. The number of hydrogen-bond donors (Lipinski definition) is 3. The molecule has 0 bridgehead atoms. The molecule has 0 amide bonds. The Balaban J connectivity index is 2.03. The highest BCUT2D eigenvalue weighted by Crippen LogP contribution is 2.11. The molecule has 1 unspecified atom stereocenters. The summed E-state index contributed by atoms with van der Waals surface area (Å²) >= 11 is 0. The van der Waals surface area contributed by atoms with Crippen molar-refractivity contribution in [1.29, 1.82) is 0 Å². The van der Waals surface area contributed by atoms with Crippen molar-refractivity contribution in [1.82, 2.24) is 20.2 Å². The van der Waals surface area contributed by atoms with E-state index in [4.69, 9.17) is 0 Å². The lowest BCUT2D eigenvalue weighted by Crippen LogP contribution is -2.35. The van der Waals surface area contributed by atoms with Crippen molar-refractivity contribution in [2.75, 3.05) is 13.1 Å². The third-order valence-electron chi connectivity index (χ3n) is 2.68. The fourth-order valence-corrected chi connectivity index (χ4v) is 3.02. The van der Waals surface area contributed by atoms with Gasteiger partial charge in [-0.3, -0.25) is 5.10 Å². The smallest absolute Gasteiger partial charge is 0.243 e. The molecule has 0 aliphatic carbocycles. The van der Waals surface area contributed by atoms with Crippen LogP contribution in [0.2, 0.25) is 0 Å². The molecule has 90 valence electrons. The molecule has 1 fully saturated rings. The number of aromatic nitrogens is 2. The zero-order chi connectivity index (χ0) is 11.4. The molecule has 1 saturated heterocycles. The summed E-state index contributed by atoms with van der Waals surface area (Å²) < 4.78 is 26.5. The van der Waals surface area contributed by atoms with Gasteiger partial charge in [0.15, 0.2) is 0 Å². The number of hydrogen-bond acceptors (Lipinski definition) is 4. The molecule has 1 aliphatic heterocycles. The first-order valence-corrected chi connectivity index (χ1v) is 6.88. The van der Waals surface area contributed by atoms with Crippen molar-refractivity contribution in [2.24, 2.45) is 0 Å². The minimum Gasteiger partial charge on any atom is -0.317 e. The average Bonchev–Trinajstić information content (AvgIpc) is 2.67. The van der Waals surface area contributed by atoms with Crippen molar-refractivity contribution >= 4 is 10.0 Å². The molecule has 2 heterocycles. The summed E-state index contributed by atoms with van der Waals surface area (Å²) in [6, 6.07) is 0.0231. The Morgan fingerprint density at radius 1 is 1.38 bits per heavy atom. The van der Waals surface area contributed by atoms with Gasteiger partial charge in [0.2, 0.25) is 10.0 Å². The molecule has 0 radical (unpaired) electrons. The summed E-state index contributed by atoms with van der Waals surface area (Å²) in [5.74, 6) is 0. The van der Waals surface area contributed by atoms with Gasteiger partial charge in [-0.2, -0.15) is 5.10 Å². The molecular weight excluding hydrogens is 228 g/mol. The first kappa shape index (κ1) is 11.6. The van der Waals surface area contributed by atoms with Crippen molar-refractivity contribution < 1.29 is 8.42 Å². The van der Waals surface area contributed by atoms with Crippen molar-refractivity contribution in [2.45, 2.75) is 30.2 Å². The normalized spacial score (nSPS) is 22.9.